The summed E-state index contributed by atoms with van der Waals surface area (Å²) in [4.78, 5) is 25.9. The molecule has 1 unspecified atom stereocenters. The van der Waals surface area contributed by atoms with Gasteiger partial charge in [-0.1, -0.05) is 0 Å². The molecule has 0 saturated carbocycles. The van der Waals surface area contributed by atoms with Gasteiger partial charge in [0.15, 0.2) is 0 Å². The molecular formula is C12H16N2O3S. The van der Waals surface area contributed by atoms with Gasteiger partial charge in [0.2, 0.25) is 5.91 Å². The predicted octanol–water partition coefficient (Wildman–Crippen LogP) is 1.16. The monoisotopic (exact) mass is 268 g/mol. The summed E-state index contributed by atoms with van der Waals surface area (Å²) in [5, 5.41) is 11.5. The van der Waals surface area contributed by atoms with Gasteiger partial charge < -0.3 is 10.4 Å². The lowest BCUT2D eigenvalue weighted by Gasteiger charge is -2.22. The fraction of sp³-hybridized carbons (Fsp3) is 0.500. The van der Waals surface area contributed by atoms with Crippen LogP contribution in [0, 0.1) is 0 Å². The van der Waals surface area contributed by atoms with Crippen LogP contribution in [0.3, 0.4) is 0 Å². The highest BCUT2D eigenvalue weighted by Gasteiger charge is 2.30. The fourth-order valence-electron chi connectivity index (χ4n) is 2.26. The maximum Gasteiger partial charge on any atom is 0.345 e. The van der Waals surface area contributed by atoms with Crippen LogP contribution in [0.1, 0.15) is 27.4 Å². The van der Waals surface area contributed by atoms with E-state index in [1.165, 1.54) is 11.3 Å². The fourth-order valence-corrected chi connectivity index (χ4v) is 3.13. The van der Waals surface area contributed by atoms with Crippen molar-refractivity contribution in [2.75, 3.05) is 13.6 Å². The minimum atomic E-state index is -0.893. The van der Waals surface area contributed by atoms with Crippen molar-refractivity contribution in [3.8, 4) is 0 Å². The zero-order valence-electron chi connectivity index (χ0n) is 10.2. The van der Waals surface area contributed by atoms with Gasteiger partial charge in [0, 0.05) is 18.5 Å². The van der Waals surface area contributed by atoms with Crippen LogP contribution in [-0.2, 0) is 11.3 Å². The Morgan fingerprint density at radius 1 is 1.56 bits per heavy atom. The number of carboxylic acid groups (broad SMARTS) is 1. The molecule has 1 amide bonds. The lowest BCUT2D eigenvalue weighted by Crippen LogP contribution is -2.41. The minimum Gasteiger partial charge on any atom is -0.477 e. The summed E-state index contributed by atoms with van der Waals surface area (Å²) in [6, 6.07) is 3.37. The largest absolute Gasteiger partial charge is 0.477 e. The highest BCUT2D eigenvalue weighted by atomic mass is 32.1. The molecule has 0 aromatic carbocycles. The summed E-state index contributed by atoms with van der Waals surface area (Å²) in [7, 11) is 1.65. The molecule has 1 atom stereocenters. The molecule has 6 heteroatoms. The van der Waals surface area contributed by atoms with Crippen molar-refractivity contribution in [2.24, 2.45) is 0 Å². The Morgan fingerprint density at radius 3 is 2.94 bits per heavy atom. The SMILES string of the molecule is CNC(=O)C1CCCN1Cc1ccc(C(=O)O)s1. The number of likely N-dealkylation sites (N-methyl/N-ethyl adjacent to an activating group) is 1. The maximum absolute atomic E-state index is 11.7. The van der Waals surface area contributed by atoms with Gasteiger partial charge in [0.05, 0.1) is 6.04 Å². The third-order valence-corrected chi connectivity index (χ3v) is 4.20. The highest BCUT2D eigenvalue weighted by molar-refractivity contribution is 7.13. The molecule has 1 aliphatic rings. The van der Waals surface area contributed by atoms with Gasteiger partial charge in [-0.15, -0.1) is 11.3 Å². The first-order chi connectivity index (χ1) is 8.61. The number of nitrogens with one attached hydrogen (secondary N) is 1. The average Bonchev–Trinajstić information content (AvgIpc) is 2.97. The molecule has 1 aliphatic heterocycles. The van der Waals surface area contributed by atoms with Gasteiger partial charge in [-0.3, -0.25) is 9.69 Å². The second-order valence-corrected chi connectivity index (χ2v) is 5.48. The van der Waals surface area contributed by atoms with Crippen LogP contribution in [-0.4, -0.2) is 41.5 Å². The van der Waals surface area contributed by atoms with E-state index >= 15 is 0 Å². The number of aromatic carboxylic acids is 1. The van der Waals surface area contributed by atoms with Gasteiger partial charge in [0.25, 0.3) is 0 Å². The molecule has 5 nitrogen and oxygen atoms in total. The molecule has 18 heavy (non-hydrogen) atoms. The number of amides is 1. The van der Waals surface area contributed by atoms with Crippen LogP contribution in [0.4, 0.5) is 0 Å². The number of hydrogen-bond donors (Lipinski definition) is 2. The highest BCUT2D eigenvalue weighted by Crippen LogP contribution is 2.24. The van der Waals surface area contributed by atoms with Gasteiger partial charge in [-0.2, -0.15) is 0 Å². The Hall–Kier alpha value is -1.40. The van der Waals surface area contributed by atoms with E-state index in [9.17, 15) is 9.59 Å². The van der Waals surface area contributed by atoms with Crippen LogP contribution in [0.25, 0.3) is 0 Å². The lowest BCUT2D eigenvalue weighted by atomic mass is 10.2. The van der Waals surface area contributed by atoms with Crippen molar-refractivity contribution in [3.63, 3.8) is 0 Å². The van der Waals surface area contributed by atoms with Crippen molar-refractivity contribution in [1.82, 2.24) is 10.2 Å². The second-order valence-electron chi connectivity index (χ2n) is 4.31. The molecule has 1 saturated heterocycles. The molecule has 1 fully saturated rings. The van der Waals surface area contributed by atoms with Crippen LogP contribution in [0.2, 0.25) is 0 Å². The molecule has 0 aliphatic carbocycles. The number of carbonyl (C=O) groups excluding carboxylic acids is 1. The number of carboxylic acids is 1. The zero-order valence-corrected chi connectivity index (χ0v) is 11.0. The van der Waals surface area contributed by atoms with Gasteiger partial charge in [0.1, 0.15) is 4.88 Å². The van der Waals surface area contributed by atoms with E-state index in [-0.39, 0.29) is 11.9 Å². The Balaban J connectivity index is 2.03. The summed E-state index contributed by atoms with van der Waals surface area (Å²) < 4.78 is 0. The number of nitrogens with zero attached hydrogens (tertiary/aromatic N) is 1. The quantitative estimate of drug-likeness (QED) is 0.859. The molecule has 2 heterocycles. The number of carbonyl (C=O) groups is 2. The molecule has 1 aromatic rings. The lowest BCUT2D eigenvalue weighted by molar-refractivity contribution is -0.125. The van der Waals surface area contributed by atoms with Crippen LogP contribution < -0.4 is 5.32 Å². The number of thiophene rings is 1. The zero-order chi connectivity index (χ0) is 13.1. The topological polar surface area (TPSA) is 69.6 Å². The smallest absolute Gasteiger partial charge is 0.345 e. The first kappa shape index (κ1) is 13.0. The minimum absolute atomic E-state index is 0.0440. The molecule has 0 radical (unpaired) electrons. The Bertz CT molecular complexity index is 458. The summed E-state index contributed by atoms with van der Waals surface area (Å²) >= 11 is 1.28. The predicted molar refractivity (Wildman–Crippen MR) is 68.8 cm³/mol. The molecule has 98 valence electrons. The molecular weight excluding hydrogens is 252 g/mol. The van der Waals surface area contributed by atoms with Crippen molar-refractivity contribution < 1.29 is 14.7 Å². The summed E-state index contributed by atoms with van der Waals surface area (Å²) in [5.41, 5.74) is 0. The van der Waals surface area contributed by atoms with Crippen LogP contribution in [0.15, 0.2) is 12.1 Å². The normalized spacial score (nSPS) is 19.9. The molecule has 1 aromatic heterocycles. The summed E-state index contributed by atoms with van der Waals surface area (Å²) in [5.74, 6) is -0.849. The third-order valence-electron chi connectivity index (χ3n) is 3.14. The van der Waals surface area contributed by atoms with E-state index in [0.29, 0.717) is 11.4 Å². The third kappa shape index (κ3) is 2.70. The van der Waals surface area contributed by atoms with Crippen molar-refractivity contribution in [2.45, 2.75) is 25.4 Å². The molecule has 2 N–H and O–H groups in total. The summed E-state index contributed by atoms with van der Waals surface area (Å²) in [6.07, 6.45) is 1.88. The maximum atomic E-state index is 11.7. The number of likely N-dealkylation sites (tertiary alicyclic amines) is 1. The molecule has 0 spiro atoms. The second kappa shape index (κ2) is 5.49. The van der Waals surface area contributed by atoms with Crippen molar-refractivity contribution in [3.05, 3.63) is 21.9 Å². The van der Waals surface area contributed by atoms with Crippen molar-refractivity contribution in [1.29, 1.82) is 0 Å². The van der Waals surface area contributed by atoms with E-state index in [4.69, 9.17) is 5.11 Å². The first-order valence-electron chi connectivity index (χ1n) is 5.89. The Kier molecular flexibility index (Phi) is 3.98. The first-order valence-corrected chi connectivity index (χ1v) is 6.71. The number of rotatable bonds is 4. The molecule has 0 bridgehead atoms. The number of hydrogen-bond acceptors (Lipinski definition) is 4. The van der Waals surface area contributed by atoms with E-state index in [2.05, 4.69) is 10.2 Å². The summed E-state index contributed by atoms with van der Waals surface area (Å²) in [6.45, 7) is 1.54. The van der Waals surface area contributed by atoms with Gasteiger partial charge >= 0.3 is 5.97 Å². The standard InChI is InChI=1S/C12H16N2O3S/c1-13-11(15)9-3-2-6-14(9)7-8-4-5-10(18-8)12(16)17/h4-5,9H,2-3,6-7H2,1H3,(H,13,15)(H,16,17). The Labute approximate surface area is 109 Å². The van der Waals surface area contributed by atoms with E-state index in [1.54, 1.807) is 13.1 Å². The van der Waals surface area contributed by atoms with Crippen LogP contribution >= 0.6 is 11.3 Å². The van der Waals surface area contributed by atoms with Crippen LogP contribution in [0.5, 0.6) is 0 Å². The van der Waals surface area contributed by atoms with E-state index in [0.717, 1.165) is 24.3 Å². The van der Waals surface area contributed by atoms with Gasteiger partial charge in [-0.05, 0) is 31.5 Å². The van der Waals surface area contributed by atoms with Crippen molar-refractivity contribution >= 4 is 23.2 Å². The average molecular weight is 268 g/mol. The van der Waals surface area contributed by atoms with E-state index < -0.39 is 5.97 Å². The van der Waals surface area contributed by atoms with E-state index in [1.807, 2.05) is 6.07 Å². The Morgan fingerprint density at radius 2 is 2.33 bits per heavy atom. The van der Waals surface area contributed by atoms with Gasteiger partial charge in [-0.25, -0.2) is 4.79 Å². The molecule has 2 rings (SSSR count).